The van der Waals surface area contributed by atoms with Gasteiger partial charge in [0.05, 0.1) is 17.9 Å². The van der Waals surface area contributed by atoms with Gasteiger partial charge in [0.25, 0.3) is 0 Å². The van der Waals surface area contributed by atoms with E-state index in [4.69, 9.17) is 9.72 Å². The van der Waals surface area contributed by atoms with Gasteiger partial charge >= 0.3 is 5.97 Å². The topological polar surface area (TPSA) is 94.1 Å². The minimum Gasteiger partial charge on any atom is -0.462 e. The summed E-state index contributed by atoms with van der Waals surface area (Å²) in [6.07, 6.45) is 7.18. The number of anilines is 1. The molecule has 0 radical (unpaired) electrons. The van der Waals surface area contributed by atoms with Gasteiger partial charge in [-0.15, -0.1) is 11.3 Å². The Balaban J connectivity index is 1.78. The van der Waals surface area contributed by atoms with Gasteiger partial charge in [0.2, 0.25) is 5.91 Å². The number of hydrogen-bond acceptors (Lipinski definition) is 7. The molecule has 0 atom stereocenters. The highest BCUT2D eigenvalue weighted by atomic mass is 32.1. The van der Waals surface area contributed by atoms with Gasteiger partial charge in [0.1, 0.15) is 10.8 Å². The number of aromatic nitrogens is 3. The van der Waals surface area contributed by atoms with E-state index in [1.807, 2.05) is 6.07 Å². The molecule has 0 unspecified atom stereocenters. The van der Waals surface area contributed by atoms with Crippen molar-refractivity contribution in [1.82, 2.24) is 15.0 Å². The molecule has 3 aromatic rings. The second-order valence-electron chi connectivity index (χ2n) is 6.83. The third-order valence-electron chi connectivity index (χ3n) is 4.52. The summed E-state index contributed by atoms with van der Waals surface area (Å²) in [7, 11) is 0. The minimum atomic E-state index is -0.420. The Labute approximate surface area is 172 Å². The van der Waals surface area contributed by atoms with Crippen LogP contribution in [0.1, 0.15) is 48.7 Å². The zero-order valence-electron chi connectivity index (χ0n) is 16.1. The summed E-state index contributed by atoms with van der Waals surface area (Å²) in [6, 6.07) is 3.54. The van der Waals surface area contributed by atoms with Crippen LogP contribution in [0, 0.1) is 0 Å². The Hall–Kier alpha value is -3.13. The molecule has 0 bridgehead atoms. The van der Waals surface area contributed by atoms with E-state index in [0.29, 0.717) is 23.9 Å². The van der Waals surface area contributed by atoms with Gasteiger partial charge in [0, 0.05) is 53.5 Å². The number of amides is 1. The van der Waals surface area contributed by atoms with Crippen molar-refractivity contribution < 1.29 is 14.3 Å². The lowest BCUT2D eigenvalue weighted by Crippen LogP contribution is -2.08. The average molecular weight is 408 g/mol. The fourth-order valence-corrected chi connectivity index (χ4v) is 3.93. The fourth-order valence-electron chi connectivity index (χ4n) is 3.00. The van der Waals surface area contributed by atoms with Crippen LogP contribution in [0.2, 0.25) is 0 Å². The Morgan fingerprint density at radius 3 is 2.76 bits per heavy atom. The predicted octanol–water partition coefficient (Wildman–Crippen LogP) is 4.28. The van der Waals surface area contributed by atoms with Crippen LogP contribution in [-0.2, 0) is 9.53 Å². The minimum absolute atomic E-state index is 0.194. The normalized spacial score (nSPS) is 13.2. The number of esters is 1. The number of thiazole rings is 1. The second-order valence-corrected chi connectivity index (χ2v) is 7.69. The number of rotatable bonds is 6. The molecule has 29 heavy (non-hydrogen) atoms. The first-order chi connectivity index (χ1) is 14.0. The summed E-state index contributed by atoms with van der Waals surface area (Å²) in [4.78, 5) is 36.9. The lowest BCUT2D eigenvalue weighted by molar-refractivity contribution is -0.114. The SMILES string of the molecule is CCOC(=O)c1cncc(-c2cnc(NC(C)=O)cc2-c2nc(C3CC3)cs2)c1. The molecule has 0 spiro atoms. The first-order valence-electron chi connectivity index (χ1n) is 9.41. The van der Waals surface area contributed by atoms with Gasteiger partial charge in [-0.25, -0.2) is 14.8 Å². The van der Waals surface area contributed by atoms with Crippen molar-refractivity contribution in [3.05, 3.63) is 47.4 Å². The molecule has 3 aromatic heterocycles. The van der Waals surface area contributed by atoms with E-state index in [9.17, 15) is 9.59 Å². The summed E-state index contributed by atoms with van der Waals surface area (Å²) in [5, 5.41) is 5.65. The summed E-state index contributed by atoms with van der Waals surface area (Å²) < 4.78 is 5.08. The highest BCUT2D eigenvalue weighted by molar-refractivity contribution is 7.13. The molecule has 0 saturated heterocycles. The first kappa shape index (κ1) is 19.2. The van der Waals surface area contributed by atoms with Crippen molar-refractivity contribution >= 4 is 29.0 Å². The zero-order valence-corrected chi connectivity index (χ0v) is 17.0. The van der Waals surface area contributed by atoms with E-state index < -0.39 is 5.97 Å². The van der Waals surface area contributed by atoms with Crippen LogP contribution in [0.5, 0.6) is 0 Å². The van der Waals surface area contributed by atoms with Gasteiger partial charge in [-0.2, -0.15) is 0 Å². The van der Waals surface area contributed by atoms with Crippen LogP contribution in [0.3, 0.4) is 0 Å². The van der Waals surface area contributed by atoms with Crippen LogP contribution in [-0.4, -0.2) is 33.4 Å². The van der Waals surface area contributed by atoms with E-state index >= 15 is 0 Å². The highest BCUT2D eigenvalue weighted by Gasteiger charge is 2.27. The average Bonchev–Trinajstić information content (AvgIpc) is 3.44. The van der Waals surface area contributed by atoms with Crippen LogP contribution < -0.4 is 5.32 Å². The van der Waals surface area contributed by atoms with E-state index in [0.717, 1.165) is 27.4 Å². The molecule has 8 heteroatoms. The molecule has 0 aliphatic heterocycles. The molecule has 1 aliphatic rings. The van der Waals surface area contributed by atoms with Crippen LogP contribution in [0.4, 0.5) is 5.82 Å². The fraction of sp³-hybridized carbons (Fsp3) is 0.286. The summed E-state index contributed by atoms with van der Waals surface area (Å²) in [5.74, 6) is 0.388. The molecule has 1 aliphatic carbocycles. The van der Waals surface area contributed by atoms with Crippen molar-refractivity contribution in [3.63, 3.8) is 0 Å². The summed E-state index contributed by atoms with van der Waals surface area (Å²) in [5.41, 5.74) is 3.83. The van der Waals surface area contributed by atoms with Crippen molar-refractivity contribution in [2.24, 2.45) is 0 Å². The quantitative estimate of drug-likeness (QED) is 0.612. The van der Waals surface area contributed by atoms with Gasteiger partial charge in [-0.05, 0) is 31.9 Å². The highest BCUT2D eigenvalue weighted by Crippen LogP contribution is 2.43. The molecule has 1 fully saturated rings. The maximum absolute atomic E-state index is 12.1. The van der Waals surface area contributed by atoms with Crippen LogP contribution >= 0.6 is 11.3 Å². The van der Waals surface area contributed by atoms with Crippen molar-refractivity contribution in [3.8, 4) is 21.7 Å². The first-order valence-corrected chi connectivity index (χ1v) is 10.3. The predicted molar refractivity (Wildman–Crippen MR) is 111 cm³/mol. The lowest BCUT2D eigenvalue weighted by atomic mass is 10.0. The maximum atomic E-state index is 12.1. The van der Waals surface area contributed by atoms with Crippen molar-refractivity contribution in [1.29, 1.82) is 0 Å². The van der Waals surface area contributed by atoms with Crippen LogP contribution in [0.25, 0.3) is 21.7 Å². The molecule has 0 aromatic carbocycles. The Morgan fingerprint density at radius 2 is 2.03 bits per heavy atom. The number of nitrogens with zero attached hydrogens (tertiary/aromatic N) is 3. The van der Waals surface area contributed by atoms with E-state index in [1.54, 1.807) is 36.7 Å². The van der Waals surface area contributed by atoms with Crippen molar-refractivity contribution in [2.75, 3.05) is 11.9 Å². The monoisotopic (exact) mass is 408 g/mol. The Morgan fingerprint density at radius 1 is 1.21 bits per heavy atom. The molecular formula is C21H20N4O3S. The molecule has 3 heterocycles. The third-order valence-corrected chi connectivity index (χ3v) is 5.41. The van der Waals surface area contributed by atoms with Gasteiger partial charge in [0.15, 0.2) is 0 Å². The number of carbonyl (C=O) groups excluding carboxylic acids is 2. The number of hydrogen-bond donors (Lipinski definition) is 1. The smallest absolute Gasteiger partial charge is 0.339 e. The summed E-state index contributed by atoms with van der Waals surface area (Å²) >= 11 is 1.56. The van der Waals surface area contributed by atoms with E-state index in [1.165, 1.54) is 26.0 Å². The maximum Gasteiger partial charge on any atom is 0.339 e. The van der Waals surface area contributed by atoms with Gasteiger partial charge in [-0.1, -0.05) is 0 Å². The zero-order chi connectivity index (χ0) is 20.4. The van der Waals surface area contributed by atoms with Crippen molar-refractivity contribution in [2.45, 2.75) is 32.6 Å². The number of ether oxygens (including phenoxy) is 1. The molecule has 7 nitrogen and oxygen atoms in total. The third kappa shape index (κ3) is 4.32. The van der Waals surface area contributed by atoms with Gasteiger partial charge < -0.3 is 10.1 Å². The number of nitrogens with one attached hydrogen (secondary N) is 1. The Bertz CT molecular complexity index is 1080. The Kier molecular flexibility index (Phi) is 5.35. The number of carbonyl (C=O) groups is 2. The summed E-state index contributed by atoms with van der Waals surface area (Å²) in [6.45, 7) is 3.50. The van der Waals surface area contributed by atoms with Gasteiger partial charge in [-0.3, -0.25) is 9.78 Å². The van der Waals surface area contributed by atoms with E-state index in [2.05, 4.69) is 20.7 Å². The molecular weight excluding hydrogens is 388 g/mol. The lowest BCUT2D eigenvalue weighted by Gasteiger charge is -2.11. The standard InChI is InChI=1S/C21H20N4O3S/c1-3-28-21(27)15-6-14(8-22-9-15)17-10-23-19(24-12(2)26)7-16(17)20-25-18(11-29-20)13-4-5-13/h6-11,13H,3-5H2,1-2H3,(H,23,24,26). The number of pyridine rings is 2. The molecule has 1 amide bonds. The van der Waals surface area contributed by atoms with Crippen LogP contribution in [0.15, 0.2) is 36.1 Å². The molecule has 148 valence electrons. The van der Waals surface area contributed by atoms with E-state index in [-0.39, 0.29) is 5.91 Å². The molecule has 1 N–H and O–H groups in total. The largest absolute Gasteiger partial charge is 0.462 e. The molecule has 1 saturated carbocycles. The second kappa shape index (κ2) is 8.08. The molecule has 4 rings (SSSR count).